The van der Waals surface area contributed by atoms with Crippen LogP contribution in [0.3, 0.4) is 0 Å². The Hall–Kier alpha value is -0.610. The van der Waals surface area contributed by atoms with Crippen molar-refractivity contribution >= 4 is 5.97 Å². The zero-order valence-corrected chi connectivity index (χ0v) is 10.3. The van der Waals surface area contributed by atoms with E-state index in [-0.39, 0.29) is 0 Å². The Morgan fingerprint density at radius 3 is 2.33 bits per heavy atom. The minimum atomic E-state index is -0.917. The van der Waals surface area contributed by atoms with Crippen LogP contribution < -0.4 is 5.73 Å². The predicted molar refractivity (Wildman–Crippen MR) is 61.8 cm³/mol. The normalized spacial score (nSPS) is 14.3. The number of hydrogen-bond acceptors (Lipinski definition) is 3. The van der Waals surface area contributed by atoms with Gasteiger partial charge in [-0.15, -0.1) is 0 Å². The third kappa shape index (κ3) is 8.39. The van der Waals surface area contributed by atoms with Gasteiger partial charge in [0, 0.05) is 0 Å². The van der Waals surface area contributed by atoms with E-state index in [1.165, 1.54) is 0 Å². The maximum atomic E-state index is 10.5. The highest BCUT2D eigenvalue weighted by molar-refractivity contribution is 5.72. The van der Waals surface area contributed by atoms with Crippen molar-refractivity contribution in [1.29, 1.82) is 0 Å². The molecule has 0 aliphatic carbocycles. The molecule has 0 amide bonds. The van der Waals surface area contributed by atoms with E-state index in [1.54, 1.807) is 0 Å². The molecule has 3 N–H and O–H groups in total. The van der Waals surface area contributed by atoms with Gasteiger partial charge in [0.2, 0.25) is 0 Å². The van der Waals surface area contributed by atoms with E-state index in [4.69, 9.17) is 10.8 Å². The van der Waals surface area contributed by atoms with Gasteiger partial charge in [0.1, 0.15) is 6.04 Å². The van der Waals surface area contributed by atoms with E-state index in [0.29, 0.717) is 11.8 Å². The third-order valence-corrected chi connectivity index (χ3v) is 2.38. The Kier molecular flexibility index (Phi) is 5.83. The van der Waals surface area contributed by atoms with Crippen molar-refractivity contribution in [2.45, 2.75) is 39.7 Å². The molecule has 0 rings (SSSR count). The standard InChI is InChI=1S/C11H24N2O2/c1-11(2,3)6-8-13(4)7-5-9(12)10(14)15/h9H,5-8,12H2,1-4H3,(H,14,15). The highest BCUT2D eigenvalue weighted by Crippen LogP contribution is 2.18. The molecule has 4 nitrogen and oxygen atoms in total. The van der Waals surface area contributed by atoms with Crippen LogP contribution in [0.4, 0.5) is 0 Å². The summed E-state index contributed by atoms with van der Waals surface area (Å²) >= 11 is 0. The third-order valence-electron chi connectivity index (χ3n) is 2.38. The molecule has 4 heteroatoms. The number of rotatable bonds is 6. The topological polar surface area (TPSA) is 66.6 Å². The van der Waals surface area contributed by atoms with Crippen LogP contribution in [0.1, 0.15) is 33.6 Å². The molecule has 0 spiro atoms. The van der Waals surface area contributed by atoms with Crippen LogP contribution in [0.25, 0.3) is 0 Å². The molecule has 0 saturated carbocycles. The van der Waals surface area contributed by atoms with Crippen LogP contribution in [0, 0.1) is 5.41 Å². The fraction of sp³-hybridized carbons (Fsp3) is 0.909. The van der Waals surface area contributed by atoms with E-state index >= 15 is 0 Å². The molecule has 0 heterocycles. The van der Waals surface area contributed by atoms with Crippen LogP contribution in [0.2, 0.25) is 0 Å². The summed E-state index contributed by atoms with van der Waals surface area (Å²) in [5.41, 5.74) is 5.74. The first-order chi connectivity index (χ1) is 6.72. The number of carboxylic acids is 1. The molecule has 0 aliphatic heterocycles. The van der Waals surface area contributed by atoms with Crippen molar-refractivity contribution in [3.63, 3.8) is 0 Å². The Morgan fingerprint density at radius 2 is 1.93 bits per heavy atom. The first-order valence-electron chi connectivity index (χ1n) is 5.39. The molecular formula is C11H24N2O2. The van der Waals surface area contributed by atoms with Crippen LogP contribution in [-0.2, 0) is 4.79 Å². The van der Waals surface area contributed by atoms with E-state index in [2.05, 4.69) is 25.7 Å². The van der Waals surface area contributed by atoms with Gasteiger partial charge in [-0.3, -0.25) is 4.79 Å². The van der Waals surface area contributed by atoms with Gasteiger partial charge in [-0.2, -0.15) is 0 Å². The molecule has 15 heavy (non-hydrogen) atoms. The zero-order valence-electron chi connectivity index (χ0n) is 10.3. The lowest BCUT2D eigenvalue weighted by Crippen LogP contribution is -2.35. The van der Waals surface area contributed by atoms with Crippen LogP contribution in [0.15, 0.2) is 0 Å². The molecule has 0 fully saturated rings. The first-order valence-corrected chi connectivity index (χ1v) is 5.39. The number of carbonyl (C=O) groups is 1. The average Bonchev–Trinajstić information content (AvgIpc) is 2.09. The van der Waals surface area contributed by atoms with Crippen molar-refractivity contribution in [2.24, 2.45) is 11.1 Å². The van der Waals surface area contributed by atoms with Crippen molar-refractivity contribution in [2.75, 3.05) is 20.1 Å². The quantitative estimate of drug-likeness (QED) is 0.699. The van der Waals surface area contributed by atoms with Crippen LogP contribution in [0.5, 0.6) is 0 Å². The van der Waals surface area contributed by atoms with Gasteiger partial charge >= 0.3 is 5.97 Å². The second-order valence-corrected chi connectivity index (χ2v) is 5.35. The number of aliphatic carboxylic acids is 1. The summed E-state index contributed by atoms with van der Waals surface area (Å²) in [5, 5.41) is 8.61. The molecule has 0 radical (unpaired) electrons. The maximum absolute atomic E-state index is 10.5. The molecule has 0 saturated heterocycles. The summed E-state index contributed by atoms with van der Waals surface area (Å²) in [7, 11) is 2.00. The highest BCUT2D eigenvalue weighted by Gasteiger charge is 2.14. The maximum Gasteiger partial charge on any atom is 0.320 e. The van der Waals surface area contributed by atoms with Gasteiger partial charge in [0.25, 0.3) is 0 Å². The predicted octanol–water partition coefficient (Wildman–Crippen LogP) is 1.16. The van der Waals surface area contributed by atoms with E-state index in [9.17, 15) is 4.79 Å². The molecule has 1 atom stereocenters. The summed E-state index contributed by atoms with van der Waals surface area (Å²) in [6.07, 6.45) is 1.61. The summed E-state index contributed by atoms with van der Waals surface area (Å²) < 4.78 is 0. The fourth-order valence-corrected chi connectivity index (χ4v) is 1.12. The van der Waals surface area contributed by atoms with Crippen LogP contribution in [-0.4, -0.2) is 42.2 Å². The lowest BCUT2D eigenvalue weighted by Gasteiger charge is -2.23. The second-order valence-electron chi connectivity index (χ2n) is 5.35. The minimum absolute atomic E-state index is 0.323. The molecular weight excluding hydrogens is 192 g/mol. The van der Waals surface area contributed by atoms with E-state index in [1.807, 2.05) is 7.05 Å². The molecule has 0 bridgehead atoms. The van der Waals surface area contributed by atoms with Gasteiger partial charge in [-0.25, -0.2) is 0 Å². The lowest BCUT2D eigenvalue weighted by molar-refractivity contribution is -0.138. The summed E-state index contributed by atoms with van der Waals surface area (Å²) in [6, 6.07) is -0.734. The van der Waals surface area contributed by atoms with Crippen molar-refractivity contribution < 1.29 is 9.90 Å². The van der Waals surface area contributed by atoms with Gasteiger partial charge in [0.15, 0.2) is 0 Å². The number of carboxylic acid groups (broad SMARTS) is 1. The second kappa shape index (κ2) is 6.08. The summed E-state index contributed by atoms with van der Waals surface area (Å²) in [4.78, 5) is 12.6. The van der Waals surface area contributed by atoms with E-state index < -0.39 is 12.0 Å². The number of nitrogens with two attached hydrogens (primary N) is 1. The molecule has 0 aromatic rings. The summed E-state index contributed by atoms with van der Waals surface area (Å²) in [6.45, 7) is 8.32. The minimum Gasteiger partial charge on any atom is -0.480 e. The Balaban J connectivity index is 3.66. The summed E-state index contributed by atoms with van der Waals surface area (Å²) in [5.74, 6) is -0.917. The van der Waals surface area contributed by atoms with Crippen molar-refractivity contribution in [3.05, 3.63) is 0 Å². The number of hydrogen-bond donors (Lipinski definition) is 2. The highest BCUT2D eigenvalue weighted by atomic mass is 16.4. The number of nitrogens with zero attached hydrogens (tertiary/aromatic N) is 1. The fourth-order valence-electron chi connectivity index (χ4n) is 1.12. The molecule has 1 unspecified atom stereocenters. The lowest BCUT2D eigenvalue weighted by atomic mass is 9.92. The van der Waals surface area contributed by atoms with Gasteiger partial charge in [-0.1, -0.05) is 20.8 Å². The average molecular weight is 216 g/mol. The molecule has 0 aromatic carbocycles. The largest absolute Gasteiger partial charge is 0.480 e. The first kappa shape index (κ1) is 14.4. The van der Waals surface area contributed by atoms with Gasteiger partial charge < -0.3 is 15.7 Å². The molecule has 0 aromatic heterocycles. The van der Waals surface area contributed by atoms with Crippen molar-refractivity contribution in [3.8, 4) is 0 Å². The SMILES string of the molecule is CN(CCC(N)C(=O)O)CCC(C)(C)C. The van der Waals surface area contributed by atoms with Gasteiger partial charge in [-0.05, 0) is 38.4 Å². The van der Waals surface area contributed by atoms with E-state index in [0.717, 1.165) is 19.5 Å². The Bertz CT molecular complexity index is 199. The molecule has 0 aliphatic rings. The molecule has 90 valence electrons. The Labute approximate surface area is 92.4 Å². The zero-order chi connectivity index (χ0) is 12.1. The van der Waals surface area contributed by atoms with Gasteiger partial charge in [0.05, 0.1) is 0 Å². The van der Waals surface area contributed by atoms with Crippen LogP contribution >= 0.6 is 0 Å². The smallest absolute Gasteiger partial charge is 0.320 e. The monoisotopic (exact) mass is 216 g/mol. The van der Waals surface area contributed by atoms with Crippen molar-refractivity contribution in [1.82, 2.24) is 4.90 Å². The Morgan fingerprint density at radius 1 is 1.40 bits per heavy atom.